The Morgan fingerprint density at radius 3 is 2.70 bits per heavy atom. The van der Waals surface area contributed by atoms with Crippen molar-refractivity contribution in [2.24, 2.45) is 5.14 Å². The predicted octanol–water partition coefficient (Wildman–Crippen LogP) is 0.0681. The van der Waals surface area contributed by atoms with Gasteiger partial charge in [-0.05, 0) is 31.3 Å². The molecule has 0 saturated carbocycles. The van der Waals surface area contributed by atoms with E-state index in [0.29, 0.717) is 6.61 Å². The van der Waals surface area contributed by atoms with Crippen LogP contribution in [0.25, 0.3) is 0 Å². The minimum Gasteiger partial charge on any atom is -0.383 e. The summed E-state index contributed by atoms with van der Waals surface area (Å²) in [5.41, 5.74) is 4.69. The highest BCUT2D eigenvalue weighted by Gasteiger charge is 2.19. The van der Waals surface area contributed by atoms with E-state index in [4.69, 9.17) is 22.1 Å². The third-order valence-electron chi connectivity index (χ3n) is 2.60. The quantitative estimate of drug-likeness (QED) is 0.300. The van der Waals surface area contributed by atoms with Gasteiger partial charge in [-0.15, -0.1) is 0 Å². The van der Waals surface area contributed by atoms with Crippen molar-refractivity contribution < 1.29 is 18.1 Å². The Balaban J connectivity index is 2.84. The second kappa shape index (κ2) is 8.01. The summed E-state index contributed by atoms with van der Waals surface area (Å²) in [6.45, 7) is 2.26. The first-order valence-electron chi connectivity index (χ1n) is 6.28. The fourth-order valence-electron chi connectivity index (χ4n) is 1.62. The van der Waals surface area contributed by atoms with Crippen LogP contribution in [0, 0.1) is 10.1 Å². The van der Waals surface area contributed by atoms with E-state index in [1.54, 1.807) is 7.11 Å². The molecule has 0 amide bonds. The van der Waals surface area contributed by atoms with Gasteiger partial charge in [0.05, 0.1) is 16.4 Å². The third kappa shape index (κ3) is 5.94. The molecule has 12 heteroatoms. The Kier molecular flexibility index (Phi) is 6.62. The first-order chi connectivity index (χ1) is 10.6. The molecule has 0 heterocycles. The normalized spacial score (nSPS) is 12.3. The molecule has 23 heavy (non-hydrogen) atoms. The molecule has 1 unspecified atom stereocenters. The van der Waals surface area contributed by atoms with Crippen LogP contribution in [0.4, 0.5) is 11.4 Å². The fraction of sp³-hybridized carbons (Fsp3) is 0.364. The Bertz CT molecular complexity index is 694. The van der Waals surface area contributed by atoms with Crippen LogP contribution >= 0.6 is 12.2 Å². The molecular formula is C11H17N5O5S2. The maximum Gasteiger partial charge on any atom is 0.295 e. The van der Waals surface area contributed by atoms with Gasteiger partial charge in [0.2, 0.25) is 10.0 Å². The average molecular weight is 363 g/mol. The summed E-state index contributed by atoms with van der Waals surface area (Å²) in [6, 6.07) is 3.16. The molecule has 0 fully saturated rings. The molecule has 1 aromatic carbocycles. The van der Waals surface area contributed by atoms with Gasteiger partial charge < -0.3 is 10.1 Å². The summed E-state index contributed by atoms with van der Waals surface area (Å²) in [4.78, 5) is 9.96. The SMILES string of the molecule is COCC(C)NC(=S)NNc1ccc(S(N)(=O)=O)cc1[N+](=O)[O-]. The number of nitro benzene ring substituents is 1. The Morgan fingerprint density at radius 2 is 2.17 bits per heavy atom. The first kappa shape index (κ1) is 19.0. The molecule has 128 valence electrons. The van der Waals surface area contributed by atoms with Gasteiger partial charge in [0, 0.05) is 19.2 Å². The van der Waals surface area contributed by atoms with E-state index in [1.807, 2.05) is 6.92 Å². The number of nitro groups is 1. The standard InChI is InChI=1S/C11H17N5O5S2/c1-7(6-21-2)13-11(22)15-14-9-4-3-8(23(12,19)20)5-10(9)16(17)18/h3-5,7,14H,6H2,1-2H3,(H2,12,19,20)(H2,13,15,22). The molecule has 5 N–H and O–H groups in total. The van der Waals surface area contributed by atoms with Crippen LogP contribution in [-0.4, -0.2) is 38.2 Å². The number of primary sulfonamides is 1. The molecular weight excluding hydrogens is 346 g/mol. The fourth-order valence-corrected chi connectivity index (χ4v) is 2.41. The highest BCUT2D eigenvalue weighted by molar-refractivity contribution is 7.89. The summed E-state index contributed by atoms with van der Waals surface area (Å²) < 4.78 is 27.4. The number of sulfonamides is 1. The van der Waals surface area contributed by atoms with Gasteiger partial charge in [0.15, 0.2) is 5.11 Å². The van der Waals surface area contributed by atoms with E-state index in [1.165, 1.54) is 6.07 Å². The van der Waals surface area contributed by atoms with E-state index < -0.39 is 20.6 Å². The molecule has 0 aliphatic rings. The van der Waals surface area contributed by atoms with Crippen molar-refractivity contribution in [3.8, 4) is 0 Å². The van der Waals surface area contributed by atoms with Crippen molar-refractivity contribution >= 4 is 38.7 Å². The third-order valence-corrected chi connectivity index (χ3v) is 3.73. The van der Waals surface area contributed by atoms with Crippen LogP contribution in [0.15, 0.2) is 23.1 Å². The average Bonchev–Trinajstić information content (AvgIpc) is 2.44. The number of hydrogen-bond donors (Lipinski definition) is 4. The number of nitrogens with one attached hydrogen (secondary N) is 3. The van der Waals surface area contributed by atoms with E-state index >= 15 is 0 Å². The lowest BCUT2D eigenvalue weighted by molar-refractivity contribution is -0.384. The zero-order valence-corrected chi connectivity index (χ0v) is 14.0. The molecule has 0 saturated heterocycles. The number of nitrogens with two attached hydrogens (primary N) is 1. The van der Waals surface area contributed by atoms with Gasteiger partial charge in [-0.25, -0.2) is 13.6 Å². The predicted molar refractivity (Wildman–Crippen MR) is 88.3 cm³/mol. The molecule has 0 radical (unpaired) electrons. The number of anilines is 1. The van der Waals surface area contributed by atoms with Crippen LogP contribution < -0.4 is 21.3 Å². The molecule has 0 bridgehead atoms. The van der Waals surface area contributed by atoms with Crippen LogP contribution in [-0.2, 0) is 14.8 Å². The Labute approximate surface area is 138 Å². The molecule has 1 aromatic rings. The van der Waals surface area contributed by atoms with Gasteiger partial charge in [-0.2, -0.15) is 0 Å². The first-order valence-corrected chi connectivity index (χ1v) is 8.23. The number of ether oxygens (including phenoxy) is 1. The highest BCUT2D eigenvalue weighted by atomic mass is 32.2. The lowest BCUT2D eigenvalue weighted by Crippen LogP contribution is -2.44. The van der Waals surface area contributed by atoms with E-state index in [0.717, 1.165) is 12.1 Å². The second-order valence-corrected chi connectivity index (χ2v) is 6.53. The van der Waals surface area contributed by atoms with Gasteiger partial charge in [0.1, 0.15) is 5.69 Å². The molecule has 0 aliphatic carbocycles. The van der Waals surface area contributed by atoms with Gasteiger partial charge in [-0.3, -0.25) is 21.0 Å². The van der Waals surface area contributed by atoms with Gasteiger partial charge >= 0.3 is 0 Å². The summed E-state index contributed by atoms with van der Waals surface area (Å²) in [5.74, 6) is 0. The molecule has 1 atom stereocenters. The van der Waals surface area contributed by atoms with Crippen LogP contribution in [0.2, 0.25) is 0 Å². The van der Waals surface area contributed by atoms with Crippen LogP contribution in [0.5, 0.6) is 0 Å². The van der Waals surface area contributed by atoms with Crippen molar-refractivity contribution in [1.29, 1.82) is 0 Å². The summed E-state index contributed by atoms with van der Waals surface area (Å²) in [7, 11) is -2.49. The zero-order chi connectivity index (χ0) is 17.6. The maximum absolute atomic E-state index is 11.2. The highest BCUT2D eigenvalue weighted by Crippen LogP contribution is 2.26. The summed E-state index contributed by atoms with van der Waals surface area (Å²) in [6.07, 6.45) is 0. The molecule has 0 aliphatic heterocycles. The number of thiocarbonyl (C=S) groups is 1. The second-order valence-electron chi connectivity index (χ2n) is 4.56. The summed E-state index contributed by atoms with van der Waals surface area (Å²) in [5, 5.41) is 19.1. The lowest BCUT2D eigenvalue weighted by atomic mass is 10.3. The molecule has 0 aromatic heterocycles. The number of benzene rings is 1. The van der Waals surface area contributed by atoms with Crippen molar-refractivity contribution in [2.45, 2.75) is 17.9 Å². The lowest BCUT2D eigenvalue weighted by Gasteiger charge is -2.17. The Morgan fingerprint density at radius 1 is 1.52 bits per heavy atom. The number of nitrogens with zero attached hydrogens (tertiary/aromatic N) is 1. The van der Waals surface area contributed by atoms with Crippen LogP contribution in [0.3, 0.4) is 0 Å². The van der Waals surface area contributed by atoms with Crippen LogP contribution in [0.1, 0.15) is 6.92 Å². The number of rotatable bonds is 7. The van der Waals surface area contributed by atoms with Gasteiger partial charge in [0.25, 0.3) is 5.69 Å². The zero-order valence-electron chi connectivity index (χ0n) is 12.4. The van der Waals surface area contributed by atoms with Gasteiger partial charge in [-0.1, -0.05) is 0 Å². The summed E-state index contributed by atoms with van der Waals surface area (Å²) >= 11 is 5.01. The monoisotopic (exact) mass is 363 g/mol. The number of methoxy groups -OCH3 is 1. The van der Waals surface area contributed by atoms with E-state index in [-0.39, 0.29) is 21.7 Å². The van der Waals surface area contributed by atoms with Crippen molar-refractivity contribution in [2.75, 3.05) is 19.1 Å². The van der Waals surface area contributed by atoms with E-state index in [2.05, 4.69) is 16.2 Å². The number of hydrazine groups is 1. The topological polar surface area (TPSA) is 149 Å². The minimum absolute atomic E-state index is 0.0333. The molecule has 0 spiro atoms. The van der Waals surface area contributed by atoms with Crippen molar-refractivity contribution in [3.63, 3.8) is 0 Å². The Hall–Kier alpha value is -2.02. The van der Waals surface area contributed by atoms with E-state index in [9.17, 15) is 18.5 Å². The minimum atomic E-state index is -4.03. The van der Waals surface area contributed by atoms with Crippen molar-refractivity contribution in [1.82, 2.24) is 10.7 Å². The maximum atomic E-state index is 11.2. The smallest absolute Gasteiger partial charge is 0.295 e. The molecule has 10 nitrogen and oxygen atoms in total. The van der Waals surface area contributed by atoms with Crippen molar-refractivity contribution in [3.05, 3.63) is 28.3 Å². The molecule has 1 rings (SSSR count). The largest absolute Gasteiger partial charge is 0.383 e. The number of hydrogen-bond acceptors (Lipinski definition) is 7.